The summed E-state index contributed by atoms with van der Waals surface area (Å²) in [7, 11) is 0. The van der Waals surface area contributed by atoms with Gasteiger partial charge < -0.3 is 22.1 Å². The third kappa shape index (κ3) is 3.63. The highest BCUT2D eigenvalue weighted by atomic mass is 16.1. The average Bonchev–Trinajstić information content (AvgIpc) is 2.41. The Morgan fingerprint density at radius 2 is 2.00 bits per heavy atom. The van der Waals surface area contributed by atoms with Gasteiger partial charge in [0, 0.05) is 18.3 Å². The lowest BCUT2D eigenvalue weighted by Crippen LogP contribution is -2.35. The van der Waals surface area contributed by atoms with Crippen LogP contribution in [-0.2, 0) is 4.79 Å². The van der Waals surface area contributed by atoms with Crippen LogP contribution in [0.25, 0.3) is 0 Å². The number of primary amides is 2. The third-order valence-corrected chi connectivity index (χ3v) is 4.06. The first-order valence-electron chi connectivity index (χ1n) is 7.37. The van der Waals surface area contributed by atoms with Crippen molar-refractivity contribution in [2.75, 3.05) is 10.6 Å². The minimum Gasteiger partial charge on any atom is -0.369 e. The van der Waals surface area contributed by atoms with Crippen molar-refractivity contribution in [3.63, 3.8) is 0 Å². The molecule has 0 bridgehead atoms. The Balaban J connectivity index is 2.16. The molecule has 0 spiro atoms. The van der Waals surface area contributed by atoms with Gasteiger partial charge in [-0.3, -0.25) is 9.59 Å². The number of rotatable bonds is 7. The van der Waals surface area contributed by atoms with Gasteiger partial charge in [0.15, 0.2) is 0 Å². The Hall–Kier alpha value is -2.38. The van der Waals surface area contributed by atoms with Crippen molar-refractivity contribution in [3.05, 3.63) is 11.8 Å². The molecule has 1 aliphatic carbocycles. The van der Waals surface area contributed by atoms with Crippen LogP contribution in [-0.4, -0.2) is 33.9 Å². The zero-order valence-corrected chi connectivity index (χ0v) is 12.8. The van der Waals surface area contributed by atoms with Gasteiger partial charge in [-0.25, -0.2) is 4.98 Å². The molecule has 2 amide bonds. The maximum atomic E-state index is 11.5. The number of hydrogen-bond acceptors (Lipinski definition) is 6. The molecule has 2 rings (SSSR count). The number of aromatic nitrogens is 2. The smallest absolute Gasteiger partial charge is 0.254 e. The summed E-state index contributed by atoms with van der Waals surface area (Å²) in [6.07, 6.45) is 4.63. The van der Waals surface area contributed by atoms with E-state index in [1.165, 1.54) is 6.20 Å². The molecule has 1 fully saturated rings. The highest BCUT2D eigenvalue weighted by Crippen LogP contribution is 2.24. The van der Waals surface area contributed by atoms with E-state index in [0.29, 0.717) is 17.8 Å². The fraction of sp³-hybridized carbons (Fsp3) is 0.571. The Bertz CT molecular complexity index is 572. The van der Waals surface area contributed by atoms with Crippen molar-refractivity contribution in [1.82, 2.24) is 9.97 Å². The molecule has 1 heterocycles. The van der Waals surface area contributed by atoms with E-state index in [0.717, 1.165) is 19.3 Å². The first-order chi connectivity index (χ1) is 10.4. The summed E-state index contributed by atoms with van der Waals surface area (Å²) in [5.74, 6) is -0.600. The summed E-state index contributed by atoms with van der Waals surface area (Å²) in [4.78, 5) is 31.1. The van der Waals surface area contributed by atoms with Crippen LogP contribution in [0.15, 0.2) is 6.20 Å². The van der Waals surface area contributed by atoms with Gasteiger partial charge in [-0.1, -0.05) is 6.92 Å². The topological polar surface area (TPSA) is 136 Å². The molecule has 0 radical (unpaired) electrons. The fourth-order valence-corrected chi connectivity index (χ4v) is 2.06. The van der Waals surface area contributed by atoms with Crippen LogP contribution in [0.4, 0.5) is 11.8 Å². The van der Waals surface area contributed by atoms with Gasteiger partial charge in [0.05, 0.1) is 11.5 Å². The lowest BCUT2D eigenvalue weighted by atomic mass is 9.93. The van der Waals surface area contributed by atoms with Crippen LogP contribution in [0.5, 0.6) is 0 Å². The molecule has 0 aromatic carbocycles. The van der Waals surface area contributed by atoms with Crippen LogP contribution in [0.3, 0.4) is 0 Å². The highest BCUT2D eigenvalue weighted by molar-refractivity contribution is 5.97. The van der Waals surface area contributed by atoms with E-state index in [-0.39, 0.29) is 17.5 Å². The second-order valence-electron chi connectivity index (χ2n) is 5.72. The second-order valence-corrected chi connectivity index (χ2v) is 5.72. The molecule has 1 aromatic rings. The lowest BCUT2D eigenvalue weighted by Gasteiger charge is -2.28. The first-order valence-corrected chi connectivity index (χ1v) is 7.37. The predicted molar refractivity (Wildman–Crippen MR) is 83.3 cm³/mol. The van der Waals surface area contributed by atoms with Crippen molar-refractivity contribution in [3.8, 4) is 0 Å². The molecule has 6 N–H and O–H groups in total. The maximum Gasteiger partial charge on any atom is 0.254 e. The van der Waals surface area contributed by atoms with Crippen molar-refractivity contribution in [2.24, 2.45) is 17.4 Å². The van der Waals surface area contributed by atoms with Crippen LogP contribution in [0.2, 0.25) is 0 Å². The Morgan fingerprint density at radius 1 is 1.32 bits per heavy atom. The van der Waals surface area contributed by atoms with Crippen molar-refractivity contribution in [2.45, 2.75) is 45.2 Å². The SMILES string of the molecule is CC(Nc1ncc(C(N)=O)c(NC2CCC2)n1)C(C)C(N)=O. The largest absolute Gasteiger partial charge is 0.369 e. The van der Waals surface area contributed by atoms with Crippen LogP contribution in [0.1, 0.15) is 43.5 Å². The number of carbonyl (C=O) groups is 2. The fourth-order valence-electron chi connectivity index (χ4n) is 2.06. The van der Waals surface area contributed by atoms with Gasteiger partial charge in [0.25, 0.3) is 5.91 Å². The zero-order chi connectivity index (χ0) is 16.3. The molecule has 120 valence electrons. The van der Waals surface area contributed by atoms with Crippen LogP contribution >= 0.6 is 0 Å². The summed E-state index contributed by atoms with van der Waals surface area (Å²) in [6.45, 7) is 3.55. The molecule has 22 heavy (non-hydrogen) atoms. The lowest BCUT2D eigenvalue weighted by molar-refractivity contribution is -0.121. The van der Waals surface area contributed by atoms with E-state index in [4.69, 9.17) is 11.5 Å². The average molecular weight is 306 g/mol. The zero-order valence-electron chi connectivity index (χ0n) is 12.8. The monoisotopic (exact) mass is 306 g/mol. The quantitative estimate of drug-likeness (QED) is 0.578. The Kier molecular flexibility index (Phi) is 4.79. The molecule has 8 nitrogen and oxygen atoms in total. The molecule has 0 aliphatic heterocycles. The Labute approximate surface area is 129 Å². The van der Waals surface area contributed by atoms with Crippen molar-refractivity contribution in [1.29, 1.82) is 0 Å². The first kappa shape index (κ1) is 16.0. The van der Waals surface area contributed by atoms with Crippen molar-refractivity contribution >= 4 is 23.6 Å². The molecule has 0 saturated heterocycles. The molecule has 1 aliphatic rings. The van der Waals surface area contributed by atoms with E-state index < -0.39 is 11.8 Å². The number of amides is 2. The van der Waals surface area contributed by atoms with Crippen molar-refractivity contribution < 1.29 is 9.59 Å². The summed E-state index contributed by atoms with van der Waals surface area (Å²) in [6, 6.07) is 0.0799. The van der Waals surface area contributed by atoms with E-state index in [1.54, 1.807) is 6.92 Å². The van der Waals surface area contributed by atoms with E-state index in [1.807, 2.05) is 6.92 Å². The molecule has 1 aromatic heterocycles. The molecule has 2 unspecified atom stereocenters. The third-order valence-electron chi connectivity index (χ3n) is 4.06. The summed E-state index contributed by atoms with van der Waals surface area (Å²) >= 11 is 0. The minimum absolute atomic E-state index is 0.228. The van der Waals surface area contributed by atoms with Gasteiger partial charge in [-0.2, -0.15) is 4.98 Å². The summed E-state index contributed by atoms with van der Waals surface area (Å²) in [5.41, 5.74) is 10.9. The normalized spacial score (nSPS) is 17.2. The van der Waals surface area contributed by atoms with Crippen LogP contribution < -0.4 is 22.1 Å². The number of nitrogens with zero attached hydrogens (tertiary/aromatic N) is 2. The van der Waals surface area contributed by atoms with E-state index in [2.05, 4.69) is 20.6 Å². The van der Waals surface area contributed by atoms with Crippen LogP contribution in [0, 0.1) is 5.92 Å². The number of carbonyl (C=O) groups excluding carboxylic acids is 2. The second kappa shape index (κ2) is 6.59. The molecule has 8 heteroatoms. The number of hydrogen-bond donors (Lipinski definition) is 4. The molecular formula is C14H22N6O2. The van der Waals surface area contributed by atoms with E-state index in [9.17, 15) is 9.59 Å². The number of anilines is 2. The standard InChI is InChI=1S/C14H22N6O2/c1-7(11(15)21)8(2)18-14-17-6-10(12(16)22)13(20-14)19-9-4-3-5-9/h6-9H,3-5H2,1-2H3,(H2,15,21)(H2,16,22)(H2,17,18,19,20). The minimum atomic E-state index is -0.577. The van der Waals surface area contributed by atoms with Gasteiger partial charge in [-0.05, 0) is 26.2 Å². The Morgan fingerprint density at radius 3 is 2.50 bits per heavy atom. The summed E-state index contributed by atoms with van der Waals surface area (Å²) in [5, 5.41) is 6.23. The molecular weight excluding hydrogens is 284 g/mol. The number of nitrogens with one attached hydrogen (secondary N) is 2. The van der Waals surface area contributed by atoms with E-state index >= 15 is 0 Å². The van der Waals surface area contributed by atoms with Gasteiger partial charge in [0.1, 0.15) is 5.82 Å². The van der Waals surface area contributed by atoms with Gasteiger partial charge in [-0.15, -0.1) is 0 Å². The van der Waals surface area contributed by atoms with Gasteiger partial charge >= 0.3 is 0 Å². The highest BCUT2D eigenvalue weighted by Gasteiger charge is 2.22. The maximum absolute atomic E-state index is 11.5. The number of nitrogens with two attached hydrogens (primary N) is 2. The summed E-state index contributed by atoms with van der Waals surface area (Å²) < 4.78 is 0. The van der Waals surface area contributed by atoms with Gasteiger partial charge in [0.2, 0.25) is 11.9 Å². The predicted octanol–water partition coefficient (Wildman–Crippen LogP) is 0.462. The molecule has 1 saturated carbocycles. The molecule has 2 atom stereocenters.